The summed E-state index contributed by atoms with van der Waals surface area (Å²) < 4.78 is 7.20. The Morgan fingerprint density at radius 1 is 1.42 bits per heavy atom. The summed E-state index contributed by atoms with van der Waals surface area (Å²) in [6.45, 7) is 2.82. The molecule has 1 unspecified atom stereocenters. The van der Waals surface area contributed by atoms with Gasteiger partial charge in [0.2, 0.25) is 0 Å². The Morgan fingerprint density at radius 2 is 2.12 bits per heavy atom. The van der Waals surface area contributed by atoms with Crippen LogP contribution in [0.4, 0.5) is 0 Å². The van der Waals surface area contributed by atoms with Crippen LogP contribution in [0, 0.1) is 5.92 Å². The fourth-order valence-corrected chi connectivity index (χ4v) is 2.47. The summed E-state index contributed by atoms with van der Waals surface area (Å²) >= 11 is 0. The van der Waals surface area contributed by atoms with Crippen molar-refractivity contribution in [2.75, 3.05) is 13.2 Å². The molecular weight excluding hydrogens is 328 g/mol. The van der Waals surface area contributed by atoms with Gasteiger partial charge in [-0.1, -0.05) is 18.2 Å². The summed E-state index contributed by atoms with van der Waals surface area (Å²) in [6.07, 6.45) is 4.04. The van der Waals surface area contributed by atoms with E-state index < -0.39 is 0 Å². The van der Waals surface area contributed by atoms with Crippen molar-refractivity contribution in [3.63, 3.8) is 0 Å². The second-order valence-electron chi connectivity index (χ2n) is 5.77. The van der Waals surface area contributed by atoms with E-state index in [4.69, 9.17) is 10.5 Å². The smallest absolute Gasteiger partial charge is 0.275 e. The van der Waals surface area contributed by atoms with Gasteiger partial charge in [-0.15, -0.1) is 12.4 Å². The molecule has 1 amide bonds. The molecule has 1 saturated carbocycles. The minimum absolute atomic E-state index is 0. The van der Waals surface area contributed by atoms with Gasteiger partial charge < -0.3 is 15.8 Å². The third-order valence-corrected chi connectivity index (χ3v) is 3.94. The molecule has 0 spiro atoms. The van der Waals surface area contributed by atoms with Crippen LogP contribution < -0.4 is 15.8 Å². The minimum Gasteiger partial charge on any atom is -0.490 e. The van der Waals surface area contributed by atoms with Crippen LogP contribution in [0.3, 0.4) is 0 Å². The number of para-hydroxylation sites is 1. The van der Waals surface area contributed by atoms with Crippen molar-refractivity contribution >= 4 is 18.3 Å². The molecule has 1 atom stereocenters. The van der Waals surface area contributed by atoms with E-state index in [9.17, 15) is 4.79 Å². The van der Waals surface area contributed by atoms with Crippen molar-refractivity contribution in [3.05, 3.63) is 42.2 Å². The number of nitrogens with zero attached hydrogens (tertiary/aromatic N) is 2. The third kappa shape index (κ3) is 4.27. The Hall–Kier alpha value is -2.05. The van der Waals surface area contributed by atoms with Gasteiger partial charge in [0, 0.05) is 12.6 Å². The molecular formula is C17H23ClN4O2. The average molecular weight is 351 g/mol. The molecule has 3 rings (SSSR count). The molecule has 130 valence electrons. The molecule has 0 aliphatic heterocycles. The normalized spacial score (nSPS) is 14.6. The molecule has 7 heteroatoms. The highest BCUT2D eigenvalue weighted by atomic mass is 35.5. The highest BCUT2D eigenvalue weighted by Crippen LogP contribution is 2.31. The molecule has 1 aliphatic carbocycles. The van der Waals surface area contributed by atoms with Crippen LogP contribution >= 0.6 is 12.4 Å². The number of rotatable bonds is 7. The lowest BCUT2D eigenvalue weighted by Gasteiger charge is -2.11. The second kappa shape index (κ2) is 8.17. The Bertz CT molecular complexity index is 670. The van der Waals surface area contributed by atoms with Crippen molar-refractivity contribution in [1.29, 1.82) is 0 Å². The summed E-state index contributed by atoms with van der Waals surface area (Å²) in [5.41, 5.74) is 7.19. The van der Waals surface area contributed by atoms with Crippen LogP contribution in [0.1, 0.15) is 30.3 Å². The van der Waals surface area contributed by atoms with Gasteiger partial charge in [0.25, 0.3) is 5.91 Å². The molecule has 1 aliphatic rings. The summed E-state index contributed by atoms with van der Waals surface area (Å²) in [5, 5.41) is 7.24. The molecule has 2 aromatic rings. The number of aromatic nitrogens is 2. The molecule has 1 aromatic carbocycles. The number of hydrogen-bond donors (Lipinski definition) is 2. The maximum absolute atomic E-state index is 12.4. The van der Waals surface area contributed by atoms with Gasteiger partial charge in [-0.25, -0.2) is 4.68 Å². The molecule has 3 N–H and O–H groups in total. The number of benzene rings is 1. The van der Waals surface area contributed by atoms with Crippen molar-refractivity contribution < 1.29 is 9.53 Å². The second-order valence-corrected chi connectivity index (χ2v) is 5.77. The number of carbonyl (C=O) groups excluding carboxylic acids is 1. The van der Waals surface area contributed by atoms with Gasteiger partial charge in [0.05, 0.1) is 18.5 Å². The number of hydrogen-bond acceptors (Lipinski definition) is 4. The SMILES string of the molecule is CCOc1cn(-c2ccccc2)nc1C(=O)NCC(N)C1CC1.Cl. The first kappa shape index (κ1) is 18.3. The molecule has 0 bridgehead atoms. The molecule has 1 fully saturated rings. The third-order valence-electron chi connectivity index (χ3n) is 3.94. The van der Waals surface area contributed by atoms with Crippen molar-refractivity contribution in [2.24, 2.45) is 11.7 Å². The maximum atomic E-state index is 12.4. The lowest BCUT2D eigenvalue weighted by Crippen LogP contribution is -2.38. The van der Waals surface area contributed by atoms with E-state index in [1.165, 1.54) is 0 Å². The van der Waals surface area contributed by atoms with Gasteiger partial charge in [-0.3, -0.25) is 4.79 Å². The Balaban J connectivity index is 0.00000208. The predicted molar refractivity (Wildman–Crippen MR) is 95.0 cm³/mol. The number of ether oxygens (including phenoxy) is 1. The van der Waals surface area contributed by atoms with Gasteiger partial charge in [0.15, 0.2) is 11.4 Å². The first-order valence-electron chi connectivity index (χ1n) is 8.00. The van der Waals surface area contributed by atoms with Crippen LogP contribution in [-0.2, 0) is 0 Å². The van der Waals surface area contributed by atoms with Gasteiger partial charge >= 0.3 is 0 Å². The number of carbonyl (C=O) groups is 1. The monoisotopic (exact) mass is 350 g/mol. The first-order valence-corrected chi connectivity index (χ1v) is 8.00. The van der Waals surface area contributed by atoms with Gasteiger partial charge in [-0.05, 0) is 37.8 Å². The van der Waals surface area contributed by atoms with E-state index in [0.29, 0.717) is 30.5 Å². The Kier molecular flexibility index (Phi) is 6.23. The largest absolute Gasteiger partial charge is 0.490 e. The van der Waals surface area contributed by atoms with Crippen molar-refractivity contribution in [3.8, 4) is 11.4 Å². The molecule has 1 aromatic heterocycles. The Labute approximate surface area is 147 Å². The predicted octanol–water partition coefficient (Wildman–Crippen LogP) is 2.16. The molecule has 6 nitrogen and oxygen atoms in total. The van der Waals surface area contributed by atoms with Crippen LogP contribution in [-0.4, -0.2) is 34.9 Å². The molecule has 0 radical (unpaired) electrons. The quantitative estimate of drug-likeness (QED) is 0.801. The van der Waals surface area contributed by atoms with Crippen LogP contribution in [0.25, 0.3) is 5.69 Å². The summed E-state index contributed by atoms with van der Waals surface area (Å²) in [4.78, 5) is 12.4. The lowest BCUT2D eigenvalue weighted by molar-refractivity contribution is 0.0941. The number of amides is 1. The van der Waals surface area contributed by atoms with Gasteiger partial charge in [-0.2, -0.15) is 5.10 Å². The lowest BCUT2D eigenvalue weighted by atomic mass is 10.2. The zero-order chi connectivity index (χ0) is 16.2. The zero-order valence-electron chi connectivity index (χ0n) is 13.6. The summed E-state index contributed by atoms with van der Waals surface area (Å²) in [7, 11) is 0. The number of nitrogens with one attached hydrogen (secondary N) is 1. The summed E-state index contributed by atoms with van der Waals surface area (Å²) in [6, 6.07) is 9.65. The standard InChI is InChI=1S/C17H22N4O2.ClH/c1-2-23-15-11-21(13-6-4-3-5-7-13)20-16(15)17(22)19-10-14(18)12-8-9-12;/h3-7,11-12,14H,2,8-10,18H2,1H3,(H,19,22);1H. The number of nitrogens with two attached hydrogens (primary N) is 1. The average Bonchev–Trinajstić information content (AvgIpc) is 3.34. The van der Waals surface area contributed by atoms with Crippen LogP contribution in [0.5, 0.6) is 5.75 Å². The highest BCUT2D eigenvalue weighted by Gasteiger charge is 2.29. The topological polar surface area (TPSA) is 82.2 Å². The van der Waals surface area contributed by atoms with E-state index >= 15 is 0 Å². The maximum Gasteiger partial charge on any atom is 0.275 e. The van der Waals surface area contributed by atoms with E-state index in [0.717, 1.165) is 18.5 Å². The summed E-state index contributed by atoms with van der Waals surface area (Å²) in [5.74, 6) is 0.775. The zero-order valence-corrected chi connectivity index (χ0v) is 14.5. The fourth-order valence-electron chi connectivity index (χ4n) is 2.47. The van der Waals surface area contributed by atoms with E-state index in [-0.39, 0.29) is 24.4 Å². The Morgan fingerprint density at radius 3 is 2.75 bits per heavy atom. The fraction of sp³-hybridized carbons (Fsp3) is 0.412. The van der Waals surface area contributed by atoms with Crippen LogP contribution in [0.15, 0.2) is 36.5 Å². The highest BCUT2D eigenvalue weighted by molar-refractivity contribution is 5.95. The van der Waals surface area contributed by atoms with Crippen LogP contribution in [0.2, 0.25) is 0 Å². The van der Waals surface area contributed by atoms with E-state index in [1.807, 2.05) is 37.3 Å². The van der Waals surface area contributed by atoms with Crippen molar-refractivity contribution in [1.82, 2.24) is 15.1 Å². The molecule has 1 heterocycles. The first-order chi connectivity index (χ1) is 11.2. The number of halogens is 1. The van der Waals surface area contributed by atoms with E-state index in [1.54, 1.807) is 10.9 Å². The molecule has 24 heavy (non-hydrogen) atoms. The minimum atomic E-state index is -0.251. The molecule has 0 saturated heterocycles. The van der Waals surface area contributed by atoms with Crippen molar-refractivity contribution in [2.45, 2.75) is 25.8 Å². The van der Waals surface area contributed by atoms with Gasteiger partial charge in [0.1, 0.15) is 0 Å². The van der Waals surface area contributed by atoms with E-state index in [2.05, 4.69) is 10.4 Å².